The first-order chi connectivity index (χ1) is 27.7. The number of rotatable bonds is 8. The minimum Gasteiger partial charge on any atom is -0.477 e. The molecule has 0 radical (unpaired) electrons. The average Bonchev–Trinajstić information content (AvgIpc) is 3.89. The van der Waals surface area contributed by atoms with Gasteiger partial charge in [0, 0.05) is 72.2 Å². The standard InChI is InChI=1S/C23H23ClN2OS.C17H19ClN2.C6H6O2S/c1-17-7-12-21(28-17)23(27)26-15-13-25(14-16-26)22(18-5-3-2-4-6-18)19-8-10-20(24)11-9-19;18-16-8-6-15(7-9-16)17(14-4-2-1-3-5-14)20-12-10-19-11-13-20;1-4-2-3-5(9-4)6(7)8/h2-12,22H,13-16H2,1H3;1-9,17,19H,10-13H2;2-3H,1H3,(H,7,8). The highest BCUT2D eigenvalue weighted by Gasteiger charge is 2.29. The molecule has 57 heavy (non-hydrogen) atoms. The van der Waals surface area contributed by atoms with Crippen LogP contribution < -0.4 is 5.32 Å². The van der Waals surface area contributed by atoms with E-state index >= 15 is 0 Å². The molecule has 6 aromatic rings. The largest absolute Gasteiger partial charge is 0.477 e. The molecule has 0 aliphatic carbocycles. The molecule has 2 unspecified atom stereocenters. The van der Waals surface area contributed by atoms with E-state index < -0.39 is 5.97 Å². The molecule has 11 heteroatoms. The van der Waals surface area contributed by atoms with Crippen LogP contribution >= 0.6 is 45.9 Å². The lowest BCUT2D eigenvalue weighted by molar-refractivity contribution is 0.0601. The van der Waals surface area contributed by atoms with Crippen LogP contribution in [0.1, 0.15) is 63.4 Å². The van der Waals surface area contributed by atoms with E-state index in [1.165, 1.54) is 38.5 Å². The van der Waals surface area contributed by atoms with Gasteiger partial charge in [0.1, 0.15) is 4.88 Å². The summed E-state index contributed by atoms with van der Waals surface area (Å²) in [5.74, 6) is -0.686. The molecule has 2 saturated heterocycles. The molecular formula is C46H48Cl2N4O3S2. The van der Waals surface area contributed by atoms with Gasteiger partial charge in [-0.15, -0.1) is 22.7 Å². The summed E-state index contributed by atoms with van der Waals surface area (Å²) < 4.78 is 0. The van der Waals surface area contributed by atoms with E-state index in [2.05, 4.69) is 94.0 Å². The summed E-state index contributed by atoms with van der Waals surface area (Å²) in [6, 6.07) is 45.5. The highest BCUT2D eigenvalue weighted by atomic mass is 35.5. The molecule has 2 aliphatic rings. The van der Waals surface area contributed by atoms with Crippen LogP contribution in [0.2, 0.25) is 10.0 Å². The van der Waals surface area contributed by atoms with Gasteiger partial charge in [-0.2, -0.15) is 0 Å². The monoisotopic (exact) mass is 838 g/mol. The molecule has 2 atom stereocenters. The molecule has 4 heterocycles. The first-order valence-corrected chi connectivity index (χ1v) is 21.5. The van der Waals surface area contributed by atoms with Gasteiger partial charge in [0.15, 0.2) is 0 Å². The minimum atomic E-state index is -0.840. The smallest absolute Gasteiger partial charge is 0.345 e. The van der Waals surface area contributed by atoms with Crippen molar-refractivity contribution in [1.82, 2.24) is 20.0 Å². The van der Waals surface area contributed by atoms with Gasteiger partial charge in [-0.05, 0) is 84.6 Å². The van der Waals surface area contributed by atoms with Gasteiger partial charge in [0.25, 0.3) is 5.91 Å². The number of carbonyl (C=O) groups excluding carboxylic acids is 1. The lowest BCUT2D eigenvalue weighted by atomic mass is 9.96. The Morgan fingerprint density at radius 2 is 0.947 bits per heavy atom. The van der Waals surface area contributed by atoms with Crippen molar-refractivity contribution in [2.45, 2.75) is 25.9 Å². The number of carboxylic acid groups (broad SMARTS) is 1. The summed E-state index contributed by atoms with van der Waals surface area (Å²) >= 11 is 15.0. The maximum Gasteiger partial charge on any atom is 0.345 e. The number of hydrogen-bond donors (Lipinski definition) is 2. The molecule has 2 fully saturated rings. The summed E-state index contributed by atoms with van der Waals surface area (Å²) in [4.78, 5) is 33.4. The van der Waals surface area contributed by atoms with Crippen LogP contribution in [-0.2, 0) is 0 Å². The Kier molecular flexibility index (Phi) is 15.5. The predicted octanol–water partition coefficient (Wildman–Crippen LogP) is 10.3. The summed E-state index contributed by atoms with van der Waals surface area (Å²) in [5, 5.41) is 13.4. The van der Waals surface area contributed by atoms with E-state index in [0.29, 0.717) is 10.9 Å². The molecule has 0 saturated carbocycles. The van der Waals surface area contributed by atoms with Crippen LogP contribution in [0, 0.1) is 13.8 Å². The van der Waals surface area contributed by atoms with Gasteiger partial charge in [-0.3, -0.25) is 14.6 Å². The van der Waals surface area contributed by atoms with Gasteiger partial charge < -0.3 is 15.3 Å². The summed E-state index contributed by atoms with van der Waals surface area (Å²) in [6.07, 6.45) is 0. The predicted molar refractivity (Wildman–Crippen MR) is 236 cm³/mol. The fourth-order valence-electron chi connectivity index (χ4n) is 7.17. The van der Waals surface area contributed by atoms with Crippen molar-refractivity contribution in [3.8, 4) is 0 Å². The van der Waals surface area contributed by atoms with Gasteiger partial charge in [0.2, 0.25) is 0 Å². The molecule has 0 spiro atoms. The molecule has 7 nitrogen and oxygen atoms in total. The number of carbonyl (C=O) groups is 2. The van der Waals surface area contributed by atoms with Crippen LogP contribution in [0.15, 0.2) is 133 Å². The molecule has 2 N–H and O–H groups in total. The van der Waals surface area contributed by atoms with E-state index in [4.69, 9.17) is 28.3 Å². The SMILES string of the molecule is Cc1ccc(C(=O)N2CCN(C(c3ccccc3)c3ccc(Cl)cc3)CC2)s1.Cc1ccc(C(=O)O)s1.Clc1ccc(C(c2ccccc2)N2CCNCC2)cc1. The molecule has 8 rings (SSSR count). The molecular weight excluding hydrogens is 792 g/mol. The number of piperazine rings is 2. The second-order valence-corrected chi connectivity index (χ2v) is 17.4. The van der Waals surface area contributed by atoms with Crippen molar-refractivity contribution in [2.24, 2.45) is 0 Å². The zero-order chi connectivity index (χ0) is 40.1. The number of hydrogen-bond acceptors (Lipinski definition) is 7. The zero-order valence-corrected chi connectivity index (χ0v) is 35.3. The zero-order valence-electron chi connectivity index (χ0n) is 32.2. The van der Waals surface area contributed by atoms with Crippen molar-refractivity contribution < 1.29 is 14.7 Å². The second-order valence-electron chi connectivity index (χ2n) is 14.0. The van der Waals surface area contributed by atoms with E-state index in [1.54, 1.807) is 23.5 Å². The third kappa shape index (κ3) is 11.9. The van der Waals surface area contributed by atoms with Crippen molar-refractivity contribution in [3.63, 3.8) is 0 Å². The third-order valence-corrected chi connectivity index (χ3v) is 12.5. The van der Waals surface area contributed by atoms with Gasteiger partial charge in [-0.1, -0.05) is 108 Å². The van der Waals surface area contributed by atoms with Crippen molar-refractivity contribution in [2.75, 3.05) is 52.4 Å². The Morgan fingerprint density at radius 1 is 0.544 bits per heavy atom. The quantitative estimate of drug-likeness (QED) is 0.159. The van der Waals surface area contributed by atoms with Gasteiger partial charge >= 0.3 is 5.97 Å². The van der Waals surface area contributed by atoms with Crippen molar-refractivity contribution in [1.29, 1.82) is 0 Å². The highest BCUT2D eigenvalue weighted by Crippen LogP contribution is 2.32. The van der Waals surface area contributed by atoms with Gasteiger partial charge in [-0.25, -0.2) is 4.79 Å². The molecule has 0 bridgehead atoms. The Morgan fingerprint density at radius 3 is 1.33 bits per heavy atom. The molecule has 296 valence electrons. The Hall–Kier alpha value is -4.32. The lowest BCUT2D eigenvalue weighted by Gasteiger charge is -2.39. The van der Waals surface area contributed by atoms with E-state index in [9.17, 15) is 9.59 Å². The maximum absolute atomic E-state index is 12.8. The topological polar surface area (TPSA) is 76.1 Å². The first-order valence-electron chi connectivity index (χ1n) is 19.1. The van der Waals surface area contributed by atoms with Crippen LogP contribution in [0.25, 0.3) is 0 Å². The number of carboxylic acids is 1. The van der Waals surface area contributed by atoms with E-state index in [-0.39, 0.29) is 11.9 Å². The highest BCUT2D eigenvalue weighted by molar-refractivity contribution is 7.14. The number of aryl methyl sites for hydroxylation is 2. The van der Waals surface area contributed by atoms with Crippen LogP contribution in [0.5, 0.6) is 0 Å². The number of halogens is 2. The number of amides is 1. The fourth-order valence-corrected chi connectivity index (χ4v) is 8.96. The summed E-state index contributed by atoms with van der Waals surface area (Å²) in [7, 11) is 0. The third-order valence-electron chi connectivity index (χ3n) is 9.99. The van der Waals surface area contributed by atoms with Crippen LogP contribution in [-0.4, -0.2) is 84.0 Å². The minimum absolute atomic E-state index is 0.153. The van der Waals surface area contributed by atoms with E-state index in [1.807, 2.05) is 61.2 Å². The van der Waals surface area contributed by atoms with Crippen LogP contribution in [0.4, 0.5) is 0 Å². The Labute approximate surface area is 354 Å². The normalized spacial score (nSPS) is 15.7. The maximum atomic E-state index is 12.8. The number of aromatic carboxylic acids is 1. The second kappa shape index (κ2) is 20.9. The lowest BCUT2D eigenvalue weighted by Crippen LogP contribution is -2.49. The number of nitrogens with zero attached hydrogens (tertiary/aromatic N) is 3. The van der Waals surface area contributed by atoms with Crippen molar-refractivity contribution >= 4 is 57.8 Å². The van der Waals surface area contributed by atoms with Gasteiger partial charge in [0.05, 0.1) is 17.0 Å². The number of benzene rings is 4. The molecule has 2 aliphatic heterocycles. The molecule has 4 aromatic carbocycles. The summed E-state index contributed by atoms with van der Waals surface area (Å²) in [6.45, 7) is 11.3. The summed E-state index contributed by atoms with van der Waals surface area (Å²) in [5.41, 5.74) is 5.14. The Balaban J connectivity index is 0.000000164. The van der Waals surface area contributed by atoms with Crippen LogP contribution in [0.3, 0.4) is 0 Å². The Bertz CT molecular complexity index is 2150. The molecule has 2 aromatic heterocycles. The van der Waals surface area contributed by atoms with E-state index in [0.717, 1.165) is 72.2 Å². The van der Waals surface area contributed by atoms with Crippen molar-refractivity contribution in [3.05, 3.63) is 185 Å². The fraction of sp³-hybridized carbons (Fsp3) is 0.261. The number of nitrogens with one attached hydrogen (secondary N) is 1. The number of thiophene rings is 2. The first kappa shape index (κ1) is 42.3. The average molecular weight is 840 g/mol. The molecule has 1 amide bonds.